The zero-order chi connectivity index (χ0) is 4.50. The average molecular weight is 116 g/mol. The lowest BCUT2D eigenvalue weighted by molar-refractivity contribution is 0.400. The SMILES string of the molecule is OS(O)(O)S. The molecule has 0 rings (SSSR count). The summed E-state index contributed by atoms with van der Waals surface area (Å²) in [6, 6.07) is 0. The molecule has 0 saturated heterocycles. The summed E-state index contributed by atoms with van der Waals surface area (Å²) in [5.74, 6) is 0. The van der Waals surface area contributed by atoms with Crippen molar-refractivity contribution in [3.8, 4) is 0 Å². The second kappa shape index (κ2) is 1.36. The lowest BCUT2D eigenvalue weighted by Gasteiger charge is -2.06. The van der Waals surface area contributed by atoms with Crippen molar-refractivity contribution in [3.63, 3.8) is 0 Å². The van der Waals surface area contributed by atoms with Gasteiger partial charge in [0, 0.05) is 0 Å². The molecule has 3 N–H and O–H groups in total. The Balaban J connectivity index is 3.02. The van der Waals surface area contributed by atoms with E-state index >= 15 is 0 Å². The predicted octanol–water partition coefficient (Wildman–Crippen LogP) is 1.05. The lowest BCUT2D eigenvalue weighted by Crippen LogP contribution is -1.78. The van der Waals surface area contributed by atoms with Crippen LogP contribution < -0.4 is 0 Å². The summed E-state index contributed by atoms with van der Waals surface area (Å²) in [5, 5.41) is 0. The number of thiol groups is 1. The van der Waals surface area contributed by atoms with E-state index in [0.29, 0.717) is 0 Å². The molecule has 0 aromatic heterocycles. The van der Waals surface area contributed by atoms with E-state index in [1.807, 2.05) is 0 Å². The van der Waals surface area contributed by atoms with Crippen molar-refractivity contribution >= 4 is 21.6 Å². The van der Waals surface area contributed by atoms with E-state index < -0.39 is 9.90 Å². The van der Waals surface area contributed by atoms with Gasteiger partial charge in [-0.2, -0.15) is 0 Å². The molecule has 0 bridgehead atoms. The van der Waals surface area contributed by atoms with E-state index in [2.05, 4.69) is 11.7 Å². The zero-order valence-corrected chi connectivity index (χ0v) is 3.91. The van der Waals surface area contributed by atoms with Gasteiger partial charge in [0.15, 0.2) is 0 Å². The van der Waals surface area contributed by atoms with Gasteiger partial charge in [-0.05, 0) is 0 Å². The van der Waals surface area contributed by atoms with Crippen molar-refractivity contribution in [1.29, 1.82) is 0 Å². The molecular weight excluding hydrogens is 112 g/mol. The Bertz CT molecular complexity index is 20.4. The molecule has 0 unspecified atom stereocenters. The van der Waals surface area contributed by atoms with E-state index in [0.717, 1.165) is 0 Å². The van der Waals surface area contributed by atoms with Crippen LogP contribution in [-0.2, 0) is 0 Å². The maximum atomic E-state index is 7.58. The minimum absolute atomic E-state index is 2.87. The van der Waals surface area contributed by atoms with E-state index in [4.69, 9.17) is 13.7 Å². The van der Waals surface area contributed by atoms with Gasteiger partial charge in [0.25, 0.3) is 0 Å². The quantitative estimate of drug-likeness (QED) is 0.282. The second-order valence-electron chi connectivity index (χ2n) is 0.490. The molecule has 0 aliphatic rings. The highest BCUT2D eigenvalue weighted by molar-refractivity contribution is 8.80. The van der Waals surface area contributed by atoms with Crippen molar-refractivity contribution in [2.45, 2.75) is 0 Å². The fraction of sp³-hybridized carbons (Fsp3) is 0. The minimum atomic E-state index is -3.47. The van der Waals surface area contributed by atoms with E-state index in [-0.39, 0.29) is 0 Å². The second-order valence-corrected chi connectivity index (χ2v) is 2.94. The molecule has 0 amide bonds. The molecule has 0 fully saturated rings. The highest BCUT2D eigenvalue weighted by Gasteiger charge is 1.96. The molecule has 34 valence electrons. The Labute approximate surface area is 36.0 Å². The molecular formula is H4O3S2. The van der Waals surface area contributed by atoms with Gasteiger partial charge in [-0.25, -0.2) is 0 Å². The van der Waals surface area contributed by atoms with Crippen LogP contribution in [0.25, 0.3) is 0 Å². The highest BCUT2D eigenvalue weighted by Crippen LogP contribution is 2.36. The summed E-state index contributed by atoms with van der Waals surface area (Å²) < 4.78 is 22.7. The molecule has 0 spiro atoms. The monoisotopic (exact) mass is 116 g/mol. The number of hydrogen-bond donors (Lipinski definition) is 4. The first-order valence-electron chi connectivity index (χ1n) is 0.730. The maximum Gasteiger partial charge on any atom is 0.136 e. The van der Waals surface area contributed by atoms with Crippen molar-refractivity contribution in [2.24, 2.45) is 0 Å². The van der Waals surface area contributed by atoms with Crippen molar-refractivity contribution in [2.75, 3.05) is 0 Å². The van der Waals surface area contributed by atoms with Crippen LogP contribution in [0.3, 0.4) is 0 Å². The first kappa shape index (κ1) is 5.58. The Morgan fingerprint density at radius 3 is 1.20 bits per heavy atom. The Morgan fingerprint density at radius 1 is 1.20 bits per heavy atom. The van der Waals surface area contributed by atoms with Gasteiger partial charge in [-0.15, -0.1) is 0 Å². The van der Waals surface area contributed by atoms with Gasteiger partial charge in [-0.3, -0.25) is 0 Å². The van der Waals surface area contributed by atoms with E-state index in [1.54, 1.807) is 0 Å². The van der Waals surface area contributed by atoms with Crippen molar-refractivity contribution < 1.29 is 13.7 Å². The summed E-state index contributed by atoms with van der Waals surface area (Å²) in [7, 11) is -3.47. The first-order valence-corrected chi connectivity index (χ1v) is 3.29. The molecule has 3 nitrogen and oxygen atoms in total. The van der Waals surface area contributed by atoms with Crippen LogP contribution in [0.15, 0.2) is 0 Å². The molecule has 0 aromatic rings. The summed E-state index contributed by atoms with van der Waals surface area (Å²) in [6.07, 6.45) is 0. The Kier molecular flexibility index (Phi) is 1.51. The van der Waals surface area contributed by atoms with Gasteiger partial charge in [0.1, 0.15) is 9.90 Å². The molecule has 0 aliphatic carbocycles. The molecule has 0 aromatic carbocycles. The molecule has 5 heteroatoms. The topological polar surface area (TPSA) is 60.7 Å². The summed E-state index contributed by atoms with van der Waals surface area (Å²) >= 11 is 2.87. The van der Waals surface area contributed by atoms with Gasteiger partial charge in [0.05, 0.1) is 0 Å². The van der Waals surface area contributed by atoms with Crippen LogP contribution in [0.2, 0.25) is 0 Å². The van der Waals surface area contributed by atoms with Gasteiger partial charge in [-0.1, -0.05) is 11.7 Å². The smallest absolute Gasteiger partial charge is 0.136 e. The molecule has 0 atom stereocenters. The van der Waals surface area contributed by atoms with Crippen LogP contribution in [-0.4, -0.2) is 13.7 Å². The van der Waals surface area contributed by atoms with Crippen LogP contribution in [0.5, 0.6) is 0 Å². The summed E-state index contributed by atoms with van der Waals surface area (Å²) in [6.45, 7) is 0. The Morgan fingerprint density at radius 2 is 1.20 bits per heavy atom. The van der Waals surface area contributed by atoms with Crippen LogP contribution >= 0.6 is 21.6 Å². The largest absolute Gasteiger partial charge is 0.300 e. The van der Waals surface area contributed by atoms with Gasteiger partial charge >= 0.3 is 0 Å². The fourth-order valence-electron chi connectivity index (χ4n) is 0. The summed E-state index contributed by atoms with van der Waals surface area (Å²) in [5.41, 5.74) is 0. The summed E-state index contributed by atoms with van der Waals surface area (Å²) in [4.78, 5) is 0. The van der Waals surface area contributed by atoms with Crippen LogP contribution in [0.4, 0.5) is 0 Å². The third kappa shape index (κ3) is 90.6. The first-order chi connectivity index (χ1) is 2.00. The molecule has 5 heavy (non-hydrogen) atoms. The fourth-order valence-corrected chi connectivity index (χ4v) is 0. The van der Waals surface area contributed by atoms with Gasteiger partial charge in [0.2, 0.25) is 0 Å². The molecule has 0 aliphatic heterocycles. The molecule has 0 radical (unpaired) electrons. The minimum Gasteiger partial charge on any atom is -0.300 e. The van der Waals surface area contributed by atoms with Crippen LogP contribution in [0, 0.1) is 0 Å². The average Bonchev–Trinajstić information content (AvgIpc) is 0.722. The number of rotatable bonds is 0. The standard InChI is InChI=1S/H4O3S2/c1-5(2,3)4/h1-4H. The maximum absolute atomic E-state index is 7.58. The normalized spacial score (nSPS) is 15.2. The third-order valence-corrected chi connectivity index (χ3v) is 0. The number of hydrogen-bond acceptors (Lipinski definition) is 4. The van der Waals surface area contributed by atoms with E-state index in [9.17, 15) is 0 Å². The molecule has 0 saturated carbocycles. The lowest BCUT2D eigenvalue weighted by atomic mass is 15.8. The van der Waals surface area contributed by atoms with Gasteiger partial charge < -0.3 is 13.7 Å². The van der Waals surface area contributed by atoms with E-state index in [1.165, 1.54) is 0 Å². The third-order valence-electron chi connectivity index (χ3n) is 0. The Hall–Kier alpha value is 0.580. The molecule has 0 heterocycles. The predicted molar refractivity (Wildman–Crippen MR) is 24.5 cm³/mol. The van der Waals surface area contributed by atoms with Crippen molar-refractivity contribution in [3.05, 3.63) is 0 Å². The zero-order valence-electron chi connectivity index (χ0n) is 2.20. The highest BCUT2D eigenvalue weighted by atomic mass is 33.2. The van der Waals surface area contributed by atoms with Crippen molar-refractivity contribution in [1.82, 2.24) is 0 Å². The van der Waals surface area contributed by atoms with Crippen LogP contribution in [0.1, 0.15) is 0 Å².